The summed E-state index contributed by atoms with van der Waals surface area (Å²) in [7, 11) is -1.92. The van der Waals surface area contributed by atoms with Crippen molar-refractivity contribution in [2.24, 2.45) is 5.92 Å². The Morgan fingerprint density at radius 2 is 1.74 bits per heavy atom. The van der Waals surface area contributed by atoms with E-state index in [1.54, 1.807) is 0 Å². The predicted octanol–water partition coefficient (Wildman–Crippen LogP) is 2.52. The van der Waals surface area contributed by atoms with Crippen LogP contribution in [0.4, 0.5) is 0 Å². The van der Waals surface area contributed by atoms with Crippen LogP contribution in [0.3, 0.4) is 0 Å². The zero-order valence-corrected chi connectivity index (χ0v) is 16.3. The molecule has 1 aliphatic rings. The Morgan fingerprint density at radius 3 is 2.22 bits per heavy atom. The molecule has 0 aromatic rings. The van der Waals surface area contributed by atoms with Crippen molar-refractivity contribution < 1.29 is 28.2 Å². The van der Waals surface area contributed by atoms with Crippen molar-refractivity contribution in [1.82, 2.24) is 0 Å². The topological polar surface area (TPSA) is 71.1 Å². The van der Waals surface area contributed by atoms with E-state index in [1.807, 2.05) is 0 Å². The predicted molar refractivity (Wildman–Crippen MR) is 88.6 cm³/mol. The van der Waals surface area contributed by atoms with E-state index in [0.29, 0.717) is 13.2 Å². The molecule has 1 rings (SSSR count). The minimum absolute atomic E-state index is 0.0920. The maximum atomic E-state index is 11.3. The van der Waals surface area contributed by atoms with Gasteiger partial charge in [0.1, 0.15) is 18.8 Å². The summed E-state index contributed by atoms with van der Waals surface area (Å²) in [5, 5.41) is 0.0920. The Hall–Kier alpha value is -0.923. The van der Waals surface area contributed by atoms with Gasteiger partial charge in [-0.05, 0) is 18.1 Å². The van der Waals surface area contributed by atoms with E-state index in [4.69, 9.17) is 18.6 Å². The van der Waals surface area contributed by atoms with Gasteiger partial charge in [-0.1, -0.05) is 20.8 Å². The fourth-order valence-corrected chi connectivity index (χ4v) is 3.19. The van der Waals surface area contributed by atoms with Crippen LogP contribution in [0.5, 0.6) is 0 Å². The summed E-state index contributed by atoms with van der Waals surface area (Å²) >= 11 is 0. The van der Waals surface area contributed by atoms with Crippen LogP contribution in [0.15, 0.2) is 0 Å². The van der Waals surface area contributed by atoms with Gasteiger partial charge in [-0.2, -0.15) is 0 Å². The summed E-state index contributed by atoms with van der Waals surface area (Å²) in [5.41, 5.74) is 0. The number of esters is 2. The average molecular weight is 346 g/mol. The first-order chi connectivity index (χ1) is 10.4. The molecule has 1 heterocycles. The molecule has 0 spiro atoms. The zero-order chi connectivity index (χ0) is 17.8. The van der Waals surface area contributed by atoms with Gasteiger partial charge in [0.25, 0.3) is 0 Å². The Kier molecular flexibility index (Phi) is 6.79. The van der Waals surface area contributed by atoms with Gasteiger partial charge in [0.2, 0.25) is 0 Å². The van der Waals surface area contributed by atoms with Crippen molar-refractivity contribution >= 4 is 20.3 Å². The summed E-state index contributed by atoms with van der Waals surface area (Å²) in [6.45, 7) is 14.5. The molecule has 0 aromatic carbocycles. The molecule has 1 saturated heterocycles. The molecule has 0 radical (unpaired) electrons. The highest BCUT2D eigenvalue weighted by molar-refractivity contribution is 6.74. The lowest BCUT2D eigenvalue weighted by atomic mass is 10.0. The van der Waals surface area contributed by atoms with Crippen molar-refractivity contribution in [2.75, 3.05) is 19.8 Å². The molecule has 0 bridgehead atoms. The van der Waals surface area contributed by atoms with Gasteiger partial charge in [-0.25, -0.2) is 0 Å². The molecule has 0 amide bonds. The first-order valence-corrected chi connectivity index (χ1v) is 10.9. The fourth-order valence-electron chi connectivity index (χ4n) is 2.15. The van der Waals surface area contributed by atoms with Crippen molar-refractivity contribution in [3.05, 3.63) is 0 Å². The van der Waals surface area contributed by atoms with Crippen molar-refractivity contribution in [3.63, 3.8) is 0 Å². The molecule has 3 atom stereocenters. The van der Waals surface area contributed by atoms with Crippen molar-refractivity contribution in [2.45, 2.75) is 65.0 Å². The summed E-state index contributed by atoms with van der Waals surface area (Å²) in [6.07, 6.45) is -0.675. The molecule has 0 aromatic heterocycles. The van der Waals surface area contributed by atoms with Crippen LogP contribution in [-0.4, -0.2) is 52.3 Å². The van der Waals surface area contributed by atoms with Gasteiger partial charge in [-0.15, -0.1) is 0 Å². The highest BCUT2D eigenvalue weighted by atomic mass is 28.4. The zero-order valence-electron chi connectivity index (χ0n) is 15.3. The largest absolute Gasteiger partial charge is 0.463 e. The molecule has 0 saturated carbocycles. The third kappa shape index (κ3) is 5.89. The highest BCUT2D eigenvalue weighted by Crippen LogP contribution is 2.37. The Morgan fingerprint density at radius 1 is 1.13 bits per heavy atom. The van der Waals surface area contributed by atoms with E-state index < -0.39 is 8.32 Å². The van der Waals surface area contributed by atoms with E-state index in [9.17, 15) is 9.59 Å². The lowest BCUT2D eigenvalue weighted by Crippen LogP contribution is -2.44. The Bertz CT molecular complexity index is 429. The van der Waals surface area contributed by atoms with E-state index in [0.717, 1.165) is 0 Å². The van der Waals surface area contributed by atoms with E-state index in [2.05, 4.69) is 33.9 Å². The van der Waals surface area contributed by atoms with Crippen LogP contribution >= 0.6 is 0 Å². The monoisotopic (exact) mass is 346 g/mol. The first kappa shape index (κ1) is 20.1. The van der Waals surface area contributed by atoms with Crippen LogP contribution < -0.4 is 0 Å². The lowest BCUT2D eigenvalue weighted by molar-refractivity contribution is -0.149. The molecular formula is C16H30O6Si. The van der Waals surface area contributed by atoms with Gasteiger partial charge >= 0.3 is 11.9 Å². The molecule has 134 valence electrons. The SMILES string of the molecule is CC(=O)OC[C@H]1OC[C@H](OC(C)=O)[C@@H]1CO[Si](C)(C)C(C)(C)C. The third-order valence-electron chi connectivity index (χ3n) is 4.64. The quantitative estimate of drug-likeness (QED) is 0.544. The number of rotatable bonds is 6. The van der Waals surface area contributed by atoms with Crippen LogP contribution in [-0.2, 0) is 28.2 Å². The number of ether oxygens (including phenoxy) is 3. The van der Waals surface area contributed by atoms with Gasteiger partial charge in [0, 0.05) is 20.5 Å². The average Bonchev–Trinajstić information content (AvgIpc) is 2.74. The minimum atomic E-state index is -1.92. The molecule has 0 aliphatic carbocycles. The maximum absolute atomic E-state index is 11.3. The Balaban J connectivity index is 2.75. The highest BCUT2D eigenvalue weighted by Gasteiger charge is 2.43. The number of carbonyl (C=O) groups is 2. The van der Waals surface area contributed by atoms with E-state index >= 15 is 0 Å². The van der Waals surface area contributed by atoms with Gasteiger partial charge in [0.15, 0.2) is 8.32 Å². The van der Waals surface area contributed by atoms with Crippen LogP contribution in [0.2, 0.25) is 18.1 Å². The standard InChI is InChI=1S/C16H30O6Si/c1-11(17)19-9-14-13(15(10-20-14)22-12(2)18)8-21-23(6,7)16(3,4)5/h13-15H,8-10H2,1-7H3/t13-,14-,15+/m1/s1. The molecule has 0 N–H and O–H groups in total. The molecule has 23 heavy (non-hydrogen) atoms. The lowest BCUT2D eigenvalue weighted by Gasteiger charge is -2.37. The van der Waals surface area contributed by atoms with Gasteiger partial charge < -0.3 is 18.6 Å². The second kappa shape index (κ2) is 7.77. The van der Waals surface area contributed by atoms with Crippen LogP contribution in [0.25, 0.3) is 0 Å². The van der Waals surface area contributed by atoms with Crippen molar-refractivity contribution in [1.29, 1.82) is 0 Å². The number of hydrogen-bond donors (Lipinski definition) is 0. The Labute approximate surface area is 139 Å². The van der Waals surface area contributed by atoms with Crippen LogP contribution in [0, 0.1) is 5.92 Å². The summed E-state index contributed by atoms with van der Waals surface area (Å²) in [5.74, 6) is -0.829. The molecule has 1 aliphatic heterocycles. The second-order valence-electron chi connectivity index (χ2n) is 7.56. The second-order valence-corrected chi connectivity index (χ2v) is 12.4. The normalized spacial score (nSPS) is 25.3. The molecular weight excluding hydrogens is 316 g/mol. The van der Waals surface area contributed by atoms with Crippen LogP contribution in [0.1, 0.15) is 34.6 Å². The maximum Gasteiger partial charge on any atom is 0.302 e. The molecule has 7 heteroatoms. The summed E-state index contributed by atoms with van der Waals surface area (Å²) in [4.78, 5) is 22.3. The summed E-state index contributed by atoms with van der Waals surface area (Å²) in [6, 6.07) is 0. The van der Waals surface area contributed by atoms with E-state index in [1.165, 1.54) is 13.8 Å². The van der Waals surface area contributed by atoms with Gasteiger partial charge in [-0.3, -0.25) is 9.59 Å². The molecule has 0 unspecified atom stereocenters. The first-order valence-electron chi connectivity index (χ1n) is 8.00. The molecule has 1 fully saturated rings. The fraction of sp³-hybridized carbons (Fsp3) is 0.875. The number of hydrogen-bond acceptors (Lipinski definition) is 6. The summed E-state index contributed by atoms with van der Waals surface area (Å²) < 4.78 is 22.3. The third-order valence-corrected chi connectivity index (χ3v) is 9.14. The molecule has 6 nitrogen and oxygen atoms in total. The van der Waals surface area contributed by atoms with E-state index in [-0.39, 0.29) is 41.7 Å². The smallest absolute Gasteiger partial charge is 0.302 e. The van der Waals surface area contributed by atoms with Gasteiger partial charge in [0.05, 0.1) is 12.5 Å². The van der Waals surface area contributed by atoms with Crippen molar-refractivity contribution in [3.8, 4) is 0 Å². The minimum Gasteiger partial charge on any atom is -0.463 e. The number of carbonyl (C=O) groups excluding carboxylic acids is 2.